The maximum atomic E-state index is 4.25. The molecule has 0 saturated carbocycles. The third kappa shape index (κ3) is 1.36. The molecule has 2 heteroatoms. The molecule has 0 fully saturated rings. The van der Waals surface area contributed by atoms with Gasteiger partial charge in [0.1, 0.15) is 0 Å². The maximum Gasteiger partial charge on any atom is 0.0661 e. The summed E-state index contributed by atoms with van der Waals surface area (Å²) < 4.78 is 1.38. The summed E-state index contributed by atoms with van der Waals surface area (Å²) in [4.78, 5) is 5.59. The van der Waals surface area contributed by atoms with Crippen LogP contribution in [0.2, 0.25) is 0 Å². The van der Waals surface area contributed by atoms with Crippen LogP contribution < -0.4 is 0 Å². The summed E-state index contributed by atoms with van der Waals surface area (Å²) in [7, 11) is 0. The first-order valence-electron chi connectivity index (χ1n) is 4.95. The van der Waals surface area contributed by atoms with Crippen LogP contribution >= 0.6 is 11.3 Å². The van der Waals surface area contributed by atoms with E-state index in [1.807, 2.05) is 31.4 Å². The van der Waals surface area contributed by atoms with Crippen molar-refractivity contribution in [1.82, 2.24) is 0 Å². The van der Waals surface area contributed by atoms with Gasteiger partial charge in [-0.15, -0.1) is 11.3 Å². The molecule has 0 aliphatic carbocycles. The smallest absolute Gasteiger partial charge is 0.0661 e. The van der Waals surface area contributed by atoms with E-state index in [0.717, 1.165) is 6.54 Å². The molecule has 14 heavy (non-hydrogen) atoms. The van der Waals surface area contributed by atoms with Crippen LogP contribution in [0.15, 0.2) is 29.3 Å². The van der Waals surface area contributed by atoms with Gasteiger partial charge in [0.2, 0.25) is 0 Å². The van der Waals surface area contributed by atoms with Crippen LogP contribution in [0, 0.1) is 0 Å². The van der Waals surface area contributed by atoms with Gasteiger partial charge in [-0.1, -0.05) is 32.0 Å². The molecule has 1 aliphatic rings. The van der Waals surface area contributed by atoms with Crippen molar-refractivity contribution < 1.29 is 0 Å². The highest BCUT2D eigenvalue weighted by atomic mass is 32.1. The van der Waals surface area contributed by atoms with E-state index in [4.69, 9.17) is 0 Å². The van der Waals surface area contributed by atoms with Crippen molar-refractivity contribution in [2.75, 3.05) is 0 Å². The highest BCUT2D eigenvalue weighted by molar-refractivity contribution is 7.20. The Kier molecular flexibility index (Phi) is 2.64. The van der Waals surface area contributed by atoms with Crippen LogP contribution in [0.3, 0.4) is 0 Å². The Morgan fingerprint density at radius 1 is 1.21 bits per heavy atom. The summed E-state index contributed by atoms with van der Waals surface area (Å²) in [6.07, 6.45) is 1.99. The van der Waals surface area contributed by atoms with Gasteiger partial charge < -0.3 is 0 Å². The zero-order valence-corrected chi connectivity index (χ0v) is 9.27. The highest BCUT2D eigenvalue weighted by Crippen LogP contribution is 2.32. The minimum Gasteiger partial charge on any atom is -0.287 e. The summed E-state index contributed by atoms with van der Waals surface area (Å²) in [6, 6.07) is 8.53. The first-order chi connectivity index (χ1) is 6.95. The molecule has 1 aromatic heterocycles. The standard InChI is InChI=1S/C10H7NS.C2H6/c1-2-4-9-7(3-1)8-5-11-6-10(8)12-9;1-2/h1-4,6H,5H2;1-2H3. The average molecular weight is 203 g/mol. The number of aliphatic imine (C=N–C) groups is 1. The zero-order chi connectivity index (χ0) is 9.97. The van der Waals surface area contributed by atoms with Crippen LogP contribution in [0.25, 0.3) is 10.1 Å². The molecule has 0 N–H and O–H groups in total. The largest absolute Gasteiger partial charge is 0.287 e. The molecule has 3 rings (SSSR count). The normalized spacial score (nSPS) is 12.4. The van der Waals surface area contributed by atoms with Gasteiger partial charge in [0, 0.05) is 16.5 Å². The molecule has 1 nitrogen and oxygen atoms in total. The fourth-order valence-electron chi connectivity index (χ4n) is 1.60. The van der Waals surface area contributed by atoms with E-state index in [1.165, 1.54) is 20.5 Å². The summed E-state index contributed by atoms with van der Waals surface area (Å²) >= 11 is 1.84. The molecule has 2 aromatic rings. The van der Waals surface area contributed by atoms with Gasteiger partial charge in [0.15, 0.2) is 0 Å². The van der Waals surface area contributed by atoms with Crippen molar-refractivity contribution in [3.63, 3.8) is 0 Å². The van der Waals surface area contributed by atoms with Gasteiger partial charge in [0.25, 0.3) is 0 Å². The Labute approximate surface area is 88.1 Å². The lowest BCUT2D eigenvalue weighted by Crippen LogP contribution is -1.73. The van der Waals surface area contributed by atoms with Crippen molar-refractivity contribution in [3.8, 4) is 0 Å². The average Bonchev–Trinajstić information content (AvgIpc) is 2.80. The van der Waals surface area contributed by atoms with Crippen molar-refractivity contribution in [2.45, 2.75) is 20.4 Å². The second kappa shape index (κ2) is 3.93. The summed E-state index contributed by atoms with van der Waals surface area (Å²) in [5.41, 5.74) is 1.41. The first-order valence-corrected chi connectivity index (χ1v) is 5.77. The van der Waals surface area contributed by atoms with Crippen molar-refractivity contribution in [3.05, 3.63) is 34.7 Å². The fraction of sp³-hybridized carbons (Fsp3) is 0.250. The van der Waals surface area contributed by atoms with Gasteiger partial charge in [-0.05, 0) is 11.5 Å². The molecule has 0 bridgehead atoms. The first kappa shape index (κ1) is 9.41. The van der Waals surface area contributed by atoms with E-state index in [9.17, 15) is 0 Å². The summed E-state index contributed by atoms with van der Waals surface area (Å²) in [6.45, 7) is 4.87. The summed E-state index contributed by atoms with van der Waals surface area (Å²) in [5.74, 6) is 0. The predicted octanol–water partition coefficient (Wildman–Crippen LogP) is 3.86. The van der Waals surface area contributed by atoms with Gasteiger partial charge in [0.05, 0.1) is 11.4 Å². The monoisotopic (exact) mass is 203 g/mol. The number of benzene rings is 1. The number of fused-ring (bicyclic) bond motifs is 3. The van der Waals surface area contributed by atoms with Gasteiger partial charge in [-0.25, -0.2) is 0 Å². The maximum absolute atomic E-state index is 4.25. The third-order valence-electron chi connectivity index (χ3n) is 2.19. The Hall–Kier alpha value is -1.15. The van der Waals surface area contributed by atoms with Crippen molar-refractivity contribution in [1.29, 1.82) is 0 Å². The molecule has 0 saturated heterocycles. The lowest BCUT2D eigenvalue weighted by Gasteiger charge is -1.89. The van der Waals surface area contributed by atoms with Crippen LogP contribution in [-0.2, 0) is 6.54 Å². The molecular formula is C12H13NS. The molecule has 0 atom stereocenters. The summed E-state index contributed by atoms with van der Waals surface area (Å²) in [5, 5.41) is 1.38. The molecule has 1 aliphatic heterocycles. The Bertz CT molecular complexity index is 468. The van der Waals surface area contributed by atoms with E-state index >= 15 is 0 Å². The topological polar surface area (TPSA) is 12.4 Å². The van der Waals surface area contributed by atoms with Crippen LogP contribution in [0.4, 0.5) is 0 Å². The van der Waals surface area contributed by atoms with Crippen molar-refractivity contribution >= 4 is 27.6 Å². The Balaban J connectivity index is 0.000000354. The zero-order valence-electron chi connectivity index (χ0n) is 8.45. The molecule has 0 unspecified atom stereocenters. The van der Waals surface area contributed by atoms with Gasteiger partial charge in [-0.2, -0.15) is 0 Å². The van der Waals surface area contributed by atoms with Crippen LogP contribution in [-0.4, -0.2) is 6.21 Å². The van der Waals surface area contributed by atoms with Gasteiger partial charge >= 0.3 is 0 Å². The number of nitrogens with zero attached hydrogens (tertiary/aromatic N) is 1. The van der Waals surface area contributed by atoms with Gasteiger partial charge in [-0.3, -0.25) is 4.99 Å². The van der Waals surface area contributed by atoms with E-state index in [-0.39, 0.29) is 0 Å². The molecule has 72 valence electrons. The number of thiophene rings is 1. The molecule has 2 heterocycles. The molecular weight excluding hydrogens is 190 g/mol. The fourth-order valence-corrected chi connectivity index (χ4v) is 2.71. The highest BCUT2D eigenvalue weighted by Gasteiger charge is 2.12. The number of hydrogen-bond acceptors (Lipinski definition) is 2. The van der Waals surface area contributed by atoms with Crippen LogP contribution in [0.1, 0.15) is 24.3 Å². The Morgan fingerprint density at radius 3 is 2.86 bits per heavy atom. The minimum atomic E-state index is 0.874. The lowest BCUT2D eigenvalue weighted by atomic mass is 10.1. The lowest BCUT2D eigenvalue weighted by molar-refractivity contribution is 1.13. The molecule has 0 radical (unpaired) electrons. The van der Waals surface area contributed by atoms with Crippen molar-refractivity contribution in [2.24, 2.45) is 4.99 Å². The number of rotatable bonds is 0. The quantitative estimate of drug-likeness (QED) is 0.616. The SMILES string of the molecule is C1=NCc2c1sc1ccccc21.CC. The van der Waals surface area contributed by atoms with E-state index in [2.05, 4.69) is 29.3 Å². The van der Waals surface area contributed by atoms with Crippen LogP contribution in [0.5, 0.6) is 0 Å². The molecule has 0 spiro atoms. The molecule has 0 amide bonds. The van der Waals surface area contributed by atoms with E-state index in [0.29, 0.717) is 0 Å². The Morgan fingerprint density at radius 2 is 2.00 bits per heavy atom. The minimum absolute atomic E-state index is 0.874. The number of hydrogen-bond donors (Lipinski definition) is 0. The van der Waals surface area contributed by atoms with E-state index in [1.54, 1.807) is 0 Å². The second-order valence-electron chi connectivity index (χ2n) is 2.91. The second-order valence-corrected chi connectivity index (χ2v) is 3.99. The predicted molar refractivity (Wildman–Crippen MR) is 64.5 cm³/mol. The third-order valence-corrected chi connectivity index (χ3v) is 3.34. The van der Waals surface area contributed by atoms with E-state index < -0.39 is 0 Å². The molecule has 1 aromatic carbocycles.